The van der Waals surface area contributed by atoms with Gasteiger partial charge in [-0.1, -0.05) is 30.1 Å². The summed E-state index contributed by atoms with van der Waals surface area (Å²) in [6.45, 7) is 5.49. The number of nitrogen functional groups attached to an aromatic ring is 1. The lowest BCUT2D eigenvalue weighted by molar-refractivity contribution is -0.116. The molecule has 1 aromatic carbocycles. The smallest absolute Gasteiger partial charge is 0.224 e. The van der Waals surface area contributed by atoms with Crippen LogP contribution in [0.3, 0.4) is 0 Å². The topological polar surface area (TPSA) is 58.4 Å². The first-order valence-electron chi connectivity index (χ1n) is 7.22. The highest BCUT2D eigenvalue weighted by molar-refractivity contribution is 6.40. The molecule has 0 saturated carbocycles. The summed E-state index contributed by atoms with van der Waals surface area (Å²) in [7, 11) is 0. The molecule has 116 valence electrons. The van der Waals surface area contributed by atoms with E-state index in [1.165, 1.54) is 6.42 Å². The van der Waals surface area contributed by atoms with Crippen LogP contribution >= 0.6 is 23.2 Å². The van der Waals surface area contributed by atoms with Crippen molar-refractivity contribution in [2.45, 2.75) is 26.2 Å². The van der Waals surface area contributed by atoms with Crippen LogP contribution in [0.2, 0.25) is 10.0 Å². The zero-order valence-corrected chi connectivity index (χ0v) is 13.7. The highest BCUT2D eigenvalue weighted by atomic mass is 35.5. The number of amides is 1. The number of halogens is 2. The van der Waals surface area contributed by atoms with E-state index < -0.39 is 0 Å². The third-order valence-electron chi connectivity index (χ3n) is 3.72. The number of rotatable bonds is 5. The molecule has 1 saturated heterocycles. The molecule has 0 aliphatic carbocycles. The van der Waals surface area contributed by atoms with E-state index in [-0.39, 0.29) is 5.91 Å². The molecule has 4 nitrogen and oxygen atoms in total. The van der Waals surface area contributed by atoms with Crippen molar-refractivity contribution in [1.29, 1.82) is 0 Å². The largest absolute Gasteiger partial charge is 0.399 e. The first kappa shape index (κ1) is 16.4. The van der Waals surface area contributed by atoms with Gasteiger partial charge in [-0.2, -0.15) is 0 Å². The molecule has 1 aliphatic heterocycles. The Morgan fingerprint density at radius 2 is 2.10 bits per heavy atom. The van der Waals surface area contributed by atoms with Crippen molar-refractivity contribution in [3.05, 3.63) is 22.2 Å². The fourth-order valence-corrected chi connectivity index (χ4v) is 3.21. The second kappa shape index (κ2) is 7.34. The summed E-state index contributed by atoms with van der Waals surface area (Å²) in [6, 6.07) is 3.16. The normalized spacial score (nSPS) is 18.9. The molecule has 1 fully saturated rings. The van der Waals surface area contributed by atoms with Gasteiger partial charge in [-0.25, -0.2) is 0 Å². The number of nitrogens with two attached hydrogens (primary N) is 1. The molecule has 21 heavy (non-hydrogen) atoms. The molecule has 0 aromatic heterocycles. The molecular formula is C15H21Cl2N3O. The number of likely N-dealkylation sites (tertiary alicyclic amines) is 1. The van der Waals surface area contributed by atoms with Crippen LogP contribution in [0.4, 0.5) is 11.4 Å². The lowest BCUT2D eigenvalue weighted by Crippen LogP contribution is -2.23. The van der Waals surface area contributed by atoms with Gasteiger partial charge in [-0.15, -0.1) is 0 Å². The molecule has 1 amide bonds. The highest BCUT2D eigenvalue weighted by Gasteiger charge is 2.18. The van der Waals surface area contributed by atoms with Crippen molar-refractivity contribution < 1.29 is 4.79 Å². The number of anilines is 2. The zero-order chi connectivity index (χ0) is 15.4. The SMILES string of the molecule is CC1CCN(CCCC(=O)Nc2c(Cl)cc(N)cc2Cl)C1. The van der Waals surface area contributed by atoms with E-state index in [2.05, 4.69) is 17.1 Å². The van der Waals surface area contributed by atoms with Gasteiger partial charge < -0.3 is 16.0 Å². The predicted octanol–water partition coefficient (Wildman–Crippen LogP) is 3.64. The Labute approximate surface area is 135 Å². The van der Waals surface area contributed by atoms with Crippen LogP contribution in [0, 0.1) is 5.92 Å². The van der Waals surface area contributed by atoms with Crippen LogP contribution in [0.5, 0.6) is 0 Å². The fourth-order valence-electron chi connectivity index (χ4n) is 2.61. The van der Waals surface area contributed by atoms with Crippen molar-refractivity contribution in [3.8, 4) is 0 Å². The Kier molecular flexibility index (Phi) is 5.73. The van der Waals surface area contributed by atoms with E-state index in [9.17, 15) is 4.79 Å². The Balaban J connectivity index is 1.79. The van der Waals surface area contributed by atoms with Crippen molar-refractivity contribution in [2.75, 3.05) is 30.7 Å². The van der Waals surface area contributed by atoms with Gasteiger partial charge in [0.2, 0.25) is 5.91 Å². The summed E-state index contributed by atoms with van der Waals surface area (Å²) in [5.74, 6) is 0.696. The Hall–Kier alpha value is -0.970. The molecule has 1 unspecified atom stereocenters. The van der Waals surface area contributed by atoms with Crippen LogP contribution < -0.4 is 11.1 Å². The van der Waals surface area contributed by atoms with E-state index in [1.54, 1.807) is 12.1 Å². The van der Waals surface area contributed by atoms with E-state index in [0.29, 0.717) is 27.8 Å². The lowest BCUT2D eigenvalue weighted by atomic mass is 10.2. The van der Waals surface area contributed by atoms with Gasteiger partial charge in [0.25, 0.3) is 0 Å². The summed E-state index contributed by atoms with van der Waals surface area (Å²) in [6.07, 6.45) is 2.55. The zero-order valence-electron chi connectivity index (χ0n) is 12.2. The molecule has 1 heterocycles. The maximum Gasteiger partial charge on any atom is 0.224 e. The quantitative estimate of drug-likeness (QED) is 0.811. The van der Waals surface area contributed by atoms with Gasteiger partial charge in [0, 0.05) is 18.7 Å². The fraction of sp³-hybridized carbons (Fsp3) is 0.533. The maximum absolute atomic E-state index is 12.0. The average molecular weight is 330 g/mol. The highest BCUT2D eigenvalue weighted by Crippen LogP contribution is 2.32. The summed E-state index contributed by atoms with van der Waals surface area (Å²) in [4.78, 5) is 14.4. The minimum Gasteiger partial charge on any atom is -0.399 e. The third kappa shape index (κ3) is 4.77. The number of carbonyl (C=O) groups is 1. The molecule has 0 radical (unpaired) electrons. The van der Waals surface area contributed by atoms with Crippen molar-refractivity contribution in [2.24, 2.45) is 5.92 Å². The Morgan fingerprint density at radius 3 is 2.67 bits per heavy atom. The number of nitrogens with zero attached hydrogens (tertiary/aromatic N) is 1. The Bertz CT molecular complexity index is 499. The first-order valence-corrected chi connectivity index (χ1v) is 7.98. The van der Waals surface area contributed by atoms with E-state index >= 15 is 0 Å². The molecule has 1 aliphatic rings. The molecule has 6 heteroatoms. The number of benzene rings is 1. The number of hydrogen-bond acceptors (Lipinski definition) is 3. The van der Waals surface area contributed by atoms with Crippen molar-refractivity contribution in [1.82, 2.24) is 4.90 Å². The maximum atomic E-state index is 12.0. The number of carbonyl (C=O) groups excluding carboxylic acids is 1. The molecule has 0 bridgehead atoms. The molecule has 3 N–H and O–H groups in total. The van der Waals surface area contributed by atoms with Gasteiger partial charge in [-0.05, 0) is 44.0 Å². The van der Waals surface area contributed by atoms with Crippen LogP contribution in [-0.4, -0.2) is 30.4 Å². The lowest BCUT2D eigenvalue weighted by Gasteiger charge is -2.15. The Morgan fingerprint density at radius 1 is 1.43 bits per heavy atom. The summed E-state index contributed by atoms with van der Waals surface area (Å²) >= 11 is 12.1. The summed E-state index contributed by atoms with van der Waals surface area (Å²) in [5, 5.41) is 3.49. The van der Waals surface area contributed by atoms with E-state index in [4.69, 9.17) is 28.9 Å². The van der Waals surface area contributed by atoms with E-state index in [0.717, 1.165) is 32.0 Å². The number of nitrogens with one attached hydrogen (secondary N) is 1. The van der Waals surface area contributed by atoms with Gasteiger partial charge in [0.05, 0.1) is 15.7 Å². The van der Waals surface area contributed by atoms with Gasteiger partial charge >= 0.3 is 0 Å². The van der Waals surface area contributed by atoms with Crippen LogP contribution in [0.15, 0.2) is 12.1 Å². The second-order valence-electron chi connectivity index (χ2n) is 5.71. The second-order valence-corrected chi connectivity index (χ2v) is 6.52. The predicted molar refractivity (Wildman–Crippen MR) is 89.0 cm³/mol. The van der Waals surface area contributed by atoms with Crippen molar-refractivity contribution >= 4 is 40.5 Å². The van der Waals surface area contributed by atoms with Crippen LogP contribution in [0.25, 0.3) is 0 Å². The van der Waals surface area contributed by atoms with E-state index in [1.807, 2.05) is 0 Å². The average Bonchev–Trinajstić information content (AvgIpc) is 2.79. The third-order valence-corrected chi connectivity index (χ3v) is 4.31. The molecule has 2 rings (SSSR count). The minimum absolute atomic E-state index is 0.0733. The number of hydrogen-bond donors (Lipinski definition) is 2. The molecule has 0 spiro atoms. The van der Waals surface area contributed by atoms with Gasteiger partial charge in [0.15, 0.2) is 0 Å². The van der Waals surface area contributed by atoms with Gasteiger partial charge in [0.1, 0.15) is 0 Å². The van der Waals surface area contributed by atoms with Gasteiger partial charge in [-0.3, -0.25) is 4.79 Å². The summed E-state index contributed by atoms with van der Waals surface area (Å²) in [5.41, 5.74) is 6.55. The van der Waals surface area contributed by atoms with Crippen molar-refractivity contribution in [3.63, 3.8) is 0 Å². The molecule has 1 aromatic rings. The van der Waals surface area contributed by atoms with Crippen LogP contribution in [0.1, 0.15) is 26.2 Å². The monoisotopic (exact) mass is 329 g/mol. The first-order chi connectivity index (χ1) is 9.95. The molecular weight excluding hydrogens is 309 g/mol. The van der Waals surface area contributed by atoms with Crippen LogP contribution in [-0.2, 0) is 4.79 Å². The summed E-state index contributed by atoms with van der Waals surface area (Å²) < 4.78 is 0. The standard InChI is InChI=1S/C15H21Cl2N3O/c1-10-4-6-20(9-10)5-2-3-14(21)19-15-12(16)7-11(18)8-13(15)17/h7-8,10H,2-6,9,18H2,1H3,(H,19,21). The molecule has 1 atom stereocenters. The minimum atomic E-state index is -0.0733.